The smallest absolute Gasteiger partial charge is 0.416 e. The Labute approximate surface area is 167 Å². The highest BCUT2D eigenvalue weighted by molar-refractivity contribution is 8.15. The van der Waals surface area contributed by atoms with E-state index in [0.29, 0.717) is 17.4 Å². The molecule has 29 heavy (non-hydrogen) atoms. The summed E-state index contributed by atoms with van der Waals surface area (Å²) in [6.07, 6.45) is -5.36. The standard InChI is InChI=1S/C16H12F3N3O5S2/c1-26-15(23)21-14-20-12-6-5-11(8-13(12)22-28-14)29(24,25)27-10-4-2-3-9(7-10)16(17,18)19/h2-8,22H,1H3,(H,20,21,23). The first-order valence-electron chi connectivity index (χ1n) is 7.71. The Kier molecular flexibility index (Phi) is 5.61. The predicted octanol–water partition coefficient (Wildman–Crippen LogP) is 3.89. The lowest BCUT2D eigenvalue weighted by molar-refractivity contribution is -0.137. The van der Waals surface area contributed by atoms with Crippen LogP contribution in [-0.2, 0) is 21.0 Å². The van der Waals surface area contributed by atoms with Crippen LogP contribution >= 0.6 is 11.9 Å². The van der Waals surface area contributed by atoms with Gasteiger partial charge in [0.1, 0.15) is 10.6 Å². The average Bonchev–Trinajstić information content (AvgIpc) is 2.66. The van der Waals surface area contributed by atoms with Crippen molar-refractivity contribution in [3.63, 3.8) is 0 Å². The number of amidine groups is 1. The van der Waals surface area contributed by atoms with Gasteiger partial charge in [0.25, 0.3) is 0 Å². The molecule has 0 atom stereocenters. The fourth-order valence-corrected chi connectivity index (χ4v) is 3.77. The molecule has 0 unspecified atom stereocenters. The van der Waals surface area contributed by atoms with Gasteiger partial charge in [0.05, 0.1) is 24.0 Å². The van der Waals surface area contributed by atoms with E-state index >= 15 is 0 Å². The van der Waals surface area contributed by atoms with Gasteiger partial charge >= 0.3 is 22.4 Å². The lowest BCUT2D eigenvalue weighted by Crippen LogP contribution is -2.29. The molecule has 0 radical (unpaired) electrons. The average molecular weight is 447 g/mol. The summed E-state index contributed by atoms with van der Waals surface area (Å²) in [7, 11) is -3.21. The van der Waals surface area contributed by atoms with E-state index in [1.165, 1.54) is 25.3 Å². The Bertz CT molecular complexity index is 1090. The minimum absolute atomic E-state index is 0.181. The number of alkyl carbamates (subject to hydrolysis) is 1. The molecule has 0 saturated heterocycles. The number of methoxy groups -OCH3 is 1. The summed E-state index contributed by atoms with van der Waals surface area (Å²) < 4.78 is 75.3. The van der Waals surface area contributed by atoms with E-state index in [1.807, 2.05) is 0 Å². The summed E-state index contributed by atoms with van der Waals surface area (Å²) in [6, 6.07) is 7.29. The number of hydrogen-bond donors (Lipinski definition) is 2. The third-order valence-electron chi connectivity index (χ3n) is 3.50. The fourth-order valence-electron chi connectivity index (χ4n) is 2.18. The van der Waals surface area contributed by atoms with E-state index in [1.54, 1.807) is 0 Å². The van der Waals surface area contributed by atoms with Crippen LogP contribution in [0.4, 0.5) is 29.3 Å². The highest BCUT2D eigenvalue weighted by Gasteiger charge is 2.31. The van der Waals surface area contributed by atoms with Crippen molar-refractivity contribution in [2.45, 2.75) is 11.1 Å². The number of hydrogen-bond acceptors (Lipinski definition) is 8. The molecule has 0 spiro atoms. The molecule has 2 aromatic rings. The largest absolute Gasteiger partial charge is 0.453 e. The molecule has 0 aliphatic carbocycles. The SMILES string of the molecule is COC(=O)NC1=Nc2ccc(S(=O)(=O)Oc3cccc(C(F)(F)F)c3)cc2NS1. The lowest BCUT2D eigenvalue weighted by atomic mass is 10.2. The van der Waals surface area contributed by atoms with E-state index < -0.39 is 33.7 Å². The highest BCUT2D eigenvalue weighted by Crippen LogP contribution is 2.36. The van der Waals surface area contributed by atoms with Crippen molar-refractivity contribution in [1.82, 2.24) is 5.32 Å². The molecule has 0 saturated carbocycles. The van der Waals surface area contributed by atoms with Gasteiger partial charge < -0.3 is 13.6 Å². The number of nitrogens with zero attached hydrogens (tertiary/aromatic N) is 1. The first kappa shape index (κ1) is 20.8. The number of rotatable bonds is 3. The van der Waals surface area contributed by atoms with Gasteiger partial charge in [-0.25, -0.2) is 9.79 Å². The molecule has 1 aliphatic heterocycles. The summed E-state index contributed by atoms with van der Waals surface area (Å²) in [5.41, 5.74) is -0.402. The third-order valence-corrected chi connectivity index (χ3v) is 5.45. The molecule has 154 valence electrons. The normalized spacial score (nSPS) is 13.6. The monoisotopic (exact) mass is 447 g/mol. The number of fused-ring (bicyclic) bond motifs is 1. The Morgan fingerprint density at radius 1 is 1.21 bits per heavy atom. The zero-order chi connectivity index (χ0) is 21.2. The van der Waals surface area contributed by atoms with Gasteiger partial charge in [0, 0.05) is 11.9 Å². The van der Waals surface area contributed by atoms with Gasteiger partial charge in [-0.3, -0.25) is 5.32 Å². The number of aliphatic imine (C=N–C) groups is 1. The van der Waals surface area contributed by atoms with Crippen molar-refractivity contribution >= 4 is 44.7 Å². The van der Waals surface area contributed by atoms with Gasteiger partial charge in [-0.1, -0.05) is 6.07 Å². The fraction of sp³-hybridized carbons (Fsp3) is 0.125. The van der Waals surface area contributed by atoms with Crippen LogP contribution in [0.15, 0.2) is 52.4 Å². The summed E-state index contributed by atoms with van der Waals surface area (Å²) in [4.78, 5) is 15.0. The molecule has 3 rings (SSSR count). The maximum atomic E-state index is 12.8. The Morgan fingerprint density at radius 2 is 1.97 bits per heavy atom. The highest BCUT2D eigenvalue weighted by atomic mass is 32.2. The lowest BCUT2D eigenvalue weighted by Gasteiger charge is -2.17. The molecule has 0 bridgehead atoms. The zero-order valence-electron chi connectivity index (χ0n) is 14.5. The zero-order valence-corrected chi connectivity index (χ0v) is 16.1. The molecular weight excluding hydrogens is 435 g/mol. The first-order valence-corrected chi connectivity index (χ1v) is 9.93. The topological polar surface area (TPSA) is 106 Å². The Morgan fingerprint density at radius 3 is 2.66 bits per heavy atom. The molecule has 1 amide bonds. The summed E-state index contributed by atoms with van der Waals surface area (Å²) >= 11 is 0.905. The number of ether oxygens (including phenoxy) is 1. The minimum Gasteiger partial charge on any atom is -0.453 e. The summed E-state index contributed by atoms with van der Waals surface area (Å²) in [6.45, 7) is 0. The van der Waals surface area contributed by atoms with E-state index in [0.717, 1.165) is 30.1 Å². The molecule has 13 heteroatoms. The number of nitrogens with one attached hydrogen (secondary N) is 2. The second kappa shape index (κ2) is 7.83. The van der Waals surface area contributed by atoms with Crippen LogP contribution in [0.1, 0.15) is 5.56 Å². The van der Waals surface area contributed by atoms with Crippen molar-refractivity contribution in [3.8, 4) is 5.75 Å². The number of alkyl halides is 3. The van der Waals surface area contributed by atoms with E-state index in [2.05, 4.69) is 19.8 Å². The van der Waals surface area contributed by atoms with Crippen molar-refractivity contribution in [3.05, 3.63) is 48.0 Å². The molecule has 1 aliphatic rings. The van der Waals surface area contributed by atoms with E-state index in [-0.39, 0.29) is 10.1 Å². The van der Waals surface area contributed by atoms with Crippen LogP contribution in [0, 0.1) is 0 Å². The summed E-state index contributed by atoms with van der Waals surface area (Å²) in [5.74, 6) is -0.470. The van der Waals surface area contributed by atoms with Crippen molar-refractivity contribution in [1.29, 1.82) is 0 Å². The van der Waals surface area contributed by atoms with Gasteiger partial charge in [0.2, 0.25) is 0 Å². The van der Waals surface area contributed by atoms with Crippen LogP contribution in [0.2, 0.25) is 0 Å². The third kappa shape index (κ3) is 4.92. The van der Waals surface area contributed by atoms with Gasteiger partial charge in [-0.05, 0) is 36.4 Å². The number of benzene rings is 2. The number of amides is 1. The van der Waals surface area contributed by atoms with Crippen molar-refractivity contribution in [2.24, 2.45) is 4.99 Å². The molecule has 2 N–H and O–H groups in total. The predicted molar refractivity (Wildman–Crippen MR) is 99.5 cm³/mol. The second-order valence-electron chi connectivity index (χ2n) is 5.48. The van der Waals surface area contributed by atoms with Crippen molar-refractivity contribution < 1.29 is 35.3 Å². The summed E-state index contributed by atoms with van der Waals surface area (Å²) in [5, 5.41) is 2.54. The number of carbonyl (C=O) groups excluding carboxylic acids is 1. The molecular formula is C16H12F3N3O5S2. The molecule has 0 fully saturated rings. The number of anilines is 1. The van der Waals surface area contributed by atoms with E-state index in [9.17, 15) is 26.4 Å². The molecule has 2 aromatic carbocycles. The molecule has 0 aromatic heterocycles. The Hall–Kier alpha value is -2.93. The van der Waals surface area contributed by atoms with Gasteiger partial charge in [-0.15, -0.1) is 0 Å². The van der Waals surface area contributed by atoms with E-state index in [4.69, 9.17) is 4.18 Å². The van der Waals surface area contributed by atoms with Crippen LogP contribution in [-0.4, -0.2) is 26.8 Å². The first-order chi connectivity index (χ1) is 13.6. The van der Waals surface area contributed by atoms with Crippen molar-refractivity contribution in [2.75, 3.05) is 11.8 Å². The Balaban J connectivity index is 1.84. The molecule has 1 heterocycles. The van der Waals surface area contributed by atoms with Crippen LogP contribution in [0.25, 0.3) is 0 Å². The number of carbonyl (C=O) groups is 1. The van der Waals surface area contributed by atoms with Gasteiger partial charge in [0.15, 0.2) is 5.17 Å². The second-order valence-corrected chi connectivity index (χ2v) is 7.82. The number of halogens is 3. The van der Waals surface area contributed by atoms with Crippen LogP contribution in [0.3, 0.4) is 0 Å². The van der Waals surface area contributed by atoms with Crippen LogP contribution < -0.4 is 14.2 Å². The quantitative estimate of drug-likeness (QED) is 0.543. The molecule has 8 nitrogen and oxygen atoms in total. The van der Waals surface area contributed by atoms with Crippen LogP contribution in [0.5, 0.6) is 5.75 Å². The maximum Gasteiger partial charge on any atom is 0.416 e. The van der Waals surface area contributed by atoms with Gasteiger partial charge in [-0.2, -0.15) is 21.6 Å². The maximum absolute atomic E-state index is 12.8. The minimum atomic E-state index is -4.63.